The molecule has 7 nitrogen and oxygen atoms in total. The van der Waals surface area contributed by atoms with E-state index < -0.39 is 6.10 Å². The lowest BCUT2D eigenvalue weighted by Gasteiger charge is -2.15. The molecule has 0 aliphatic carbocycles. The van der Waals surface area contributed by atoms with Crippen LogP contribution in [-0.4, -0.2) is 37.1 Å². The number of fused-ring (bicyclic) bond motifs is 1. The molecule has 0 aliphatic rings. The monoisotopic (exact) mass is 390 g/mol. The predicted octanol–water partition coefficient (Wildman–Crippen LogP) is 2.64. The molecule has 4 rings (SSSR count). The fraction of sp³-hybridized carbons (Fsp3) is 0.227. The molecule has 0 aliphatic heterocycles. The lowest BCUT2D eigenvalue weighted by atomic mass is 10.1. The summed E-state index contributed by atoms with van der Waals surface area (Å²) in [5.41, 5.74) is 3.22. The third-order valence-corrected chi connectivity index (χ3v) is 4.72. The summed E-state index contributed by atoms with van der Waals surface area (Å²) in [6, 6.07) is 15.4. The Bertz CT molecular complexity index is 1200. The number of aryl methyl sites for hydroxylation is 2. The molecular formula is C22H22N4O3. The SMILES string of the molecule is Cc1ccc(OC[C@H](O)Cn2cnc3c(cnn3-c3ccccc3)c2=O)c(C)c1. The molecule has 1 N–H and O–H groups in total. The largest absolute Gasteiger partial charge is 0.491 e. The van der Waals surface area contributed by atoms with Crippen LogP contribution in [-0.2, 0) is 6.54 Å². The Morgan fingerprint density at radius 3 is 2.69 bits per heavy atom. The van der Waals surface area contributed by atoms with Gasteiger partial charge in [0.1, 0.15) is 30.2 Å². The first kappa shape index (κ1) is 18.9. The molecule has 7 heteroatoms. The van der Waals surface area contributed by atoms with Gasteiger partial charge in [-0.25, -0.2) is 9.67 Å². The summed E-state index contributed by atoms with van der Waals surface area (Å²) in [4.78, 5) is 17.2. The molecule has 0 fully saturated rings. The number of hydrogen-bond donors (Lipinski definition) is 1. The second-order valence-electron chi connectivity index (χ2n) is 7.07. The summed E-state index contributed by atoms with van der Waals surface area (Å²) >= 11 is 0. The molecule has 2 aromatic carbocycles. The molecule has 0 bridgehead atoms. The number of aliphatic hydroxyl groups excluding tert-OH is 1. The van der Waals surface area contributed by atoms with Crippen LogP contribution in [0.1, 0.15) is 11.1 Å². The van der Waals surface area contributed by atoms with E-state index >= 15 is 0 Å². The van der Waals surface area contributed by atoms with Crippen LogP contribution in [0.4, 0.5) is 0 Å². The van der Waals surface area contributed by atoms with E-state index in [1.807, 2.05) is 62.4 Å². The molecule has 0 saturated carbocycles. The zero-order valence-corrected chi connectivity index (χ0v) is 16.3. The number of benzene rings is 2. The van der Waals surface area contributed by atoms with Gasteiger partial charge in [-0.2, -0.15) is 5.10 Å². The molecule has 0 unspecified atom stereocenters. The minimum atomic E-state index is -0.850. The van der Waals surface area contributed by atoms with Gasteiger partial charge in [0.2, 0.25) is 0 Å². The van der Waals surface area contributed by atoms with Gasteiger partial charge < -0.3 is 9.84 Å². The van der Waals surface area contributed by atoms with Crippen LogP contribution >= 0.6 is 0 Å². The van der Waals surface area contributed by atoms with Crippen molar-refractivity contribution in [2.45, 2.75) is 26.5 Å². The van der Waals surface area contributed by atoms with Crippen LogP contribution in [0.15, 0.2) is 65.8 Å². The van der Waals surface area contributed by atoms with Crippen LogP contribution in [0.2, 0.25) is 0 Å². The zero-order valence-electron chi connectivity index (χ0n) is 16.3. The van der Waals surface area contributed by atoms with Crippen molar-refractivity contribution >= 4 is 11.0 Å². The van der Waals surface area contributed by atoms with Gasteiger partial charge in [-0.05, 0) is 37.6 Å². The fourth-order valence-electron chi connectivity index (χ4n) is 3.26. The molecule has 148 valence electrons. The van der Waals surface area contributed by atoms with Crippen LogP contribution in [0.3, 0.4) is 0 Å². The second kappa shape index (κ2) is 7.89. The Kier molecular flexibility index (Phi) is 5.14. The Morgan fingerprint density at radius 1 is 1.14 bits per heavy atom. The number of hydrogen-bond acceptors (Lipinski definition) is 5. The van der Waals surface area contributed by atoms with Crippen LogP contribution in [0.5, 0.6) is 5.75 Å². The van der Waals surface area contributed by atoms with Crippen molar-refractivity contribution < 1.29 is 9.84 Å². The molecular weight excluding hydrogens is 368 g/mol. The van der Waals surface area contributed by atoms with Crippen molar-refractivity contribution in [1.29, 1.82) is 0 Å². The van der Waals surface area contributed by atoms with Crippen LogP contribution in [0.25, 0.3) is 16.7 Å². The number of para-hydroxylation sites is 1. The average molecular weight is 390 g/mol. The highest BCUT2D eigenvalue weighted by molar-refractivity contribution is 5.74. The maximum atomic E-state index is 12.8. The molecule has 4 aromatic rings. The Balaban J connectivity index is 1.51. The lowest BCUT2D eigenvalue weighted by molar-refractivity contribution is 0.0911. The molecule has 0 spiro atoms. The molecule has 1 atom stereocenters. The van der Waals surface area contributed by atoms with Gasteiger partial charge in [0.15, 0.2) is 5.65 Å². The Hall–Kier alpha value is -3.45. The van der Waals surface area contributed by atoms with E-state index in [1.54, 1.807) is 4.68 Å². The van der Waals surface area contributed by atoms with E-state index in [0.717, 1.165) is 22.6 Å². The first-order valence-electron chi connectivity index (χ1n) is 9.39. The molecule has 0 amide bonds. The minimum absolute atomic E-state index is 0.0810. The zero-order chi connectivity index (χ0) is 20.4. The topological polar surface area (TPSA) is 82.2 Å². The number of aliphatic hydroxyl groups is 1. The van der Waals surface area contributed by atoms with Gasteiger partial charge in [0.25, 0.3) is 5.56 Å². The van der Waals surface area contributed by atoms with Crippen LogP contribution in [0, 0.1) is 13.8 Å². The third kappa shape index (κ3) is 3.90. The quantitative estimate of drug-likeness (QED) is 0.547. The molecule has 2 heterocycles. The Morgan fingerprint density at radius 2 is 1.93 bits per heavy atom. The van der Waals surface area contributed by atoms with Crippen molar-refractivity contribution in [3.05, 3.63) is 82.5 Å². The van der Waals surface area contributed by atoms with E-state index in [0.29, 0.717) is 11.0 Å². The van der Waals surface area contributed by atoms with Crippen molar-refractivity contribution in [1.82, 2.24) is 19.3 Å². The third-order valence-electron chi connectivity index (χ3n) is 4.72. The smallest absolute Gasteiger partial charge is 0.264 e. The summed E-state index contributed by atoms with van der Waals surface area (Å²) in [5.74, 6) is 0.722. The van der Waals surface area contributed by atoms with Gasteiger partial charge in [-0.3, -0.25) is 9.36 Å². The molecule has 0 saturated heterocycles. The highest BCUT2D eigenvalue weighted by Gasteiger charge is 2.14. The highest BCUT2D eigenvalue weighted by Crippen LogP contribution is 2.19. The lowest BCUT2D eigenvalue weighted by Crippen LogP contribution is -2.30. The minimum Gasteiger partial charge on any atom is -0.491 e. The van der Waals surface area contributed by atoms with E-state index in [-0.39, 0.29) is 18.7 Å². The van der Waals surface area contributed by atoms with Crippen molar-refractivity contribution in [3.8, 4) is 11.4 Å². The van der Waals surface area contributed by atoms with Gasteiger partial charge in [0, 0.05) is 0 Å². The maximum Gasteiger partial charge on any atom is 0.264 e. The van der Waals surface area contributed by atoms with E-state index in [1.165, 1.54) is 17.1 Å². The van der Waals surface area contributed by atoms with Crippen molar-refractivity contribution in [2.75, 3.05) is 6.61 Å². The van der Waals surface area contributed by atoms with E-state index in [4.69, 9.17) is 4.74 Å². The second-order valence-corrected chi connectivity index (χ2v) is 7.07. The molecule has 29 heavy (non-hydrogen) atoms. The standard InChI is InChI=1S/C22H22N4O3/c1-15-8-9-20(16(2)10-15)29-13-18(27)12-25-14-23-21-19(22(25)28)11-24-26(21)17-6-4-3-5-7-17/h3-11,14,18,27H,12-13H2,1-2H3/t18-/m1/s1. The summed E-state index contributed by atoms with van der Waals surface area (Å²) in [6.45, 7) is 4.14. The van der Waals surface area contributed by atoms with Gasteiger partial charge in [0.05, 0.1) is 18.4 Å². The molecule has 2 aromatic heterocycles. The van der Waals surface area contributed by atoms with Gasteiger partial charge in [-0.15, -0.1) is 0 Å². The van der Waals surface area contributed by atoms with Crippen molar-refractivity contribution in [2.24, 2.45) is 0 Å². The maximum absolute atomic E-state index is 12.8. The summed E-state index contributed by atoms with van der Waals surface area (Å²) in [6.07, 6.45) is 2.09. The summed E-state index contributed by atoms with van der Waals surface area (Å²) in [7, 11) is 0. The van der Waals surface area contributed by atoms with E-state index in [9.17, 15) is 9.90 Å². The molecule has 0 radical (unpaired) electrons. The summed E-state index contributed by atoms with van der Waals surface area (Å²) < 4.78 is 8.72. The predicted molar refractivity (Wildman–Crippen MR) is 111 cm³/mol. The average Bonchev–Trinajstić information content (AvgIpc) is 3.15. The van der Waals surface area contributed by atoms with Gasteiger partial charge >= 0.3 is 0 Å². The number of rotatable bonds is 6. The van der Waals surface area contributed by atoms with E-state index in [2.05, 4.69) is 10.1 Å². The Labute approximate surface area is 167 Å². The number of ether oxygens (including phenoxy) is 1. The van der Waals surface area contributed by atoms with Crippen molar-refractivity contribution in [3.63, 3.8) is 0 Å². The summed E-state index contributed by atoms with van der Waals surface area (Å²) in [5, 5.41) is 15.1. The highest BCUT2D eigenvalue weighted by atomic mass is 16.5. The first-order chi connectivity index (χ1) is 14.0. The number of aromatic nitrogens is 4. The van der Waals surface area contributed by atoms with Crippen LogP contribution < -0.4 is 10.3 Å². The number of nitrogens with zero attached hydrogens (tertiary/aromatic N) is 4. The van der Waals surface area contributed by atoms with Gasteiger partial charge in [-0.1, -0.05) is 35.9 Å². The normalized spacial score (nSPS) is 12.2. The fourth-order valence-corrected chi connectivity index (χ4v) is 3.26. The first-order valence-corrected chi connectivity index (χ1v) is 9.39.